The monoisotopic (exact) mass is 552 g/mol. The molecule has 0 unspecified atom stereocenters. The fourth-order valence-electron chi connectivity index (χ4n) is 3.63. The van der Waals surface area contributed by atoms with Crippen molar-refractivity contribution < 1.29 is 14.2 Å². The van der Waals surface area contributed by atoms with E-state index in [1.54, 1.807) is 21.3 Å². The summed E-state index contributed by atoms with van der Waals surface area (Å²) in [6.45, 7) is 6.23. The number of halogens is 1. The predicted molar refractivity (Wildman–Crippen MR) is 141 cm³/mol. The SMILES string of the molecule is CCNC(=NCc1cc(OC)c(OC)c(OC)c1)NCCc1c[nH]c2c(C)cccc12.I. The van der Waals surface area contributed by atoms with Gasteiger partial charge in [0.15, 0.2) is 17.5 Å². The van der Waals surface area contributed by atoms with E-state index in [0.29, 0.717) is 23.8 Å². The molecule has 0 spiro atoms. The van der Waals surface area contributed by atoms with E-state index in [0.717, 1.165) is 31.0 Å². The predicted octanol–water partition coefficient (Wildman–Crippen LogP) is 4.42. The molecule has 7 nitrogen and oxygen atoms in total. The number of aromatic nitrogens is 1. The van der Waals surface area contributed by atoms with Crippen LogP contribution >= 0.6 is 24.0 Å². The van der Waals surface area contributed by atoms with E-state index in [1.165, 1.54) is 22.0 Å². The Bertz CT molecular complexity index is 1020. The van der Waals surface area contributed by atoms with Gasteiger partial charge in [-0.3, -0.25) is 0 Å². The van der Waals surface area contributed by atoms with E-state index in [-0.39, 0.29) is 24.0 Å². The standard InChI is InChI=1S/C24H32N4O3.HI/c1-6-25-24(26-11-10-18-15-27-22-16(2)8-7-9-19(18)22)28-14-17-12-20(29-3)23(31-5)21(13-17)30-4;/h7-9,12-13,15,27H,6,10-11,14H2,1-5H3,(H2,25,26,28);1H. The summed E-state index contributed by atoms with van der Waals surface area (Å²) in [6.07, 6.45) is 3.00. The maximum Gasteiger partial charge on any atom is 0.203 e. The summed E-state index contributed by atoms with van der Waals surface area (Å²) >= 11 is 0. The van der Waals surface area contributed by atoms with Crippen molar-refractivity contribution in [3.63, 3.8) is 0 Å². The topological polar surface area (TPSA) is 79.9 Å². The first-order valence-electron chi connectivity index (χ1n) is 10.5. The number of aromatic amines is 1. The second kappa shape index (κ2) is 12.4. The number of hydrogen-bond acceptors (Lipinski definition) is 4. The molecule has 174 valence electrons. The molecule has 1 aromatic heterocycles. The van der Waals surface area contributed by atoms with Crippen LogP contribution in [-0.4, -0.2) is 45.4 Å². The van der Waals surface area contributed by atoms with Gasteiger partial charge in [0.05, 0.1) is 27.9 Å². The van der Waals surface area contributed by atoms with Gasteiger partial charge in [-0.05, 0) is 49.1 Å². The maximum absolute atomic E-state index is 5.44. The van der Waals surface area contributed by atoms with Crippen molar-refractivity contribution >= 4 is 40.8 Å². The highest BCUT2D eigenvalue weighted by molar-refractivity contribution is 14.0. The smallest absolute Gasteiger partial charge is 0.203 e. The van der Waals surface area contributed by atoms with Gasteiger partial charge in [0.25, 0.3) is 0 Å². The minimum Gasteiger partial charge on any atom is -0.493 e. The second-order valence-corrected chi connectivity index (χ2v) is 7.22. The van der Waals surface area contributed by atoms with E-state index in [1.807, 2.05) is 12.1 Å². The number of benzene rings is 2. The highest BCUT2D eigenvalue weighted by Crippen LogP contribution is 2.38. The Labute approximate surface area is 207 Å². The van der Waals surface area contributed by atoms with E-state index < -0.39 is 0 Å². The molecular weight excluding hydrogens is 519 g/mol. The summed E-state index contributed by atoms with van der Waals surface area (Å²) in [5.41, 5.74) is 4.74. The van der Waals surface area contributed by atoms with Crippen molar-refractivity contribution in [2.75, 3.05) is 34.4 Å². The van der Waals surface area contributed by atoms with Crippen LogP contribution in [0.3, 0.4) is 0 Å². The molecule has 3 rings (SSSR count). The molecule has 0 aliphatic heterocycles. The lowest BCUT2D eigenvalue weighted by Gasteiger charge is -2.14. The summed E-state index contributed by atoms with van der Waals surface area (Å²) in [7, 11) is 4.82. The van der Waals surface area contributed by atoms with Crippen LogP contribution in [0.1, 0.15) is 23.6 Å². The first kappa shape index (κ1) is 25.6. The van der Waals surface area contributed by atoms with Crippen LogP contribution < -0.4 is 24.8 Å². The molecular formula is C24H33IN4O3. The molecule has 1 heterocycles. The first-order valence-corrected chi connectivity index (χ1v) is 10.5. The van der Waals surface area contributed by atoms with E-state index >= 15 is 0 Å². The van der Waals surface area contributed by atoms with Gasteiger partial charge in [0.2, 0.25) is 5.75 Å². The minimum atomic E-state index is 0. The van der Waals surface area contributed by atoms with Crippen molar-refractivity contribution in [3.8, 4) is 17.2 Å². The number of ether oxygens (including phenoxy) is 3. The molecule has 0 saturated carbocycles. The number of aliphatic imine (C=N–C) groups is 1. The zero-order valence-corrected chi connectivity index (χ0v) is 21.7. The first-order chi connectivity index (χ1) is 15.1. The summed E-state index contributed by atoms with van der Waals surface area (Å²) in [4.78, 5) is 8.11. The van der Waals surface area contributed by atoms with Crippen molar-refractivity contribution in [2.45, 2.75) is 26.8 Å². The van der Waals surface area contributed by atoms with Gasteiger partial charge in [-0.25, -0.2) is 4.99 Å². The Morgan fingerprint density at radius 1 is 1.03 bits per heavy atom. The normalized spacial score (nSPS) is 11.1. The number of fused-ring (bicyclic) bond motifs is 1. The third kappa shape index (κ3) is 5.99. The maximum atomic E-state index is 5.44. The van der Waals surface area contributed by atoms with Crippen molar-refractivity contribution in [3.05, 3.63) is 53.2 Å². The zero-order valence-electron chi connectivity index (χ0n) is 19.4. The average Bonchev–Trinajstić information content (AvgIpc) is 3.21. The highest BCUT2D eigenvalue weighted by atomic mass is 127. The molecule has 0 radical (unpaired) electrons. The molecule has 3 aromatic rings. The van der Waals surface area contributed by atoms with Crippen LogP contribution in [0.25, 0.3) is 10.9 Å². The molecule has 0 aliphatic rings. The molecule has 32 heavy (non-hydrogen) atoms. The lowest BCUT2D eigenvalue weighted by atomic mass is 10.1. The van der Waals surface area contributed by atoms with Gasteiger partial charge >= 0.3 is 0 Å². The molecule has 3 N–H and O–H groups in total. The quantitative estimate of drug-likeness (QED) is 0.208. The fraction of sp³-hybridized carbons (Fsp3) is 0.375. The Morgan fingerprint density at radius 3 is 2.38 bits per heavy atom. The Hall–Kier alpha value is -2.62. The molecule has 0 bridgehead atoms. The van der Waals surface area contributed by atoms with E-state index in [4.69, 9.17) is 19.2 Å². The molecule has 0 fully saturated rings. The number of nitrogens with zero attached hydrogens (tertiary/aromatic N) is 1. The van der Waals surface area contributed by atoms with Gasteiger partial charge in [-0.2, -0.15) is 0 Å². The number of methoxy groups -OCH3 is 3. The molecule has 0 atom stereocenters. The van der Waals surface area contributed by atoms with E-state index in [9.17, 15) is 0 Å². The average molecular weight is 552 g/mol. The van der Waals surface area contributed by atoms with Crippen LogP contribution in [0.2, 0.25) is 0 Å². The molecule has 2 aromatic carbocycles. The van der Waals surface area contributed by atoms with Gasteiger partial charge in [0, 0.05) is 30.2 Å². The van der Waals surface area contributed by atoms with Gasteiger partial charge < -0.3 is 29.8 Å². The third-order valence-corrected chi connectivity index (χ3v) is 5.18. The number of para-hydroxylation sites is 1. The number of aryl methyl sites for hydroxylation is 1. The summed E-state index contributed by atoms with van der Waals surface area (Å²) < 4.78 is 16.3. The summed E-state index contributed by atoms with van der Waals surface area (Å²) in [5.74, 6) is 2.60. The van der Waals surface area contributed by atoms with Crippen LogP contribution in [0.15, 0.2) is 41.5 Å². The largest absolute Gasteiger partial charge is 0.493 e. The molecule has 0 aliphatic carbocycles. The number of guanidine groups is 1. The summed E-state index contributed by atoms with van der Waals surface area (Å²) in [5, 5.41) is 8.01. The van der Waals surface area contributed by atoms with Crippen LogP contribution in [-0.2, 0) is 13.0 Å². The van der Waals surface area contributed by atoms with Crippen LogP contribution in [0, 0.1) is 6.92 Å². The van der Waals surface area contributed by atoms with Gasteiger partial charge in [-0.1, -0.05) is 18.2 Å². The number of rotatable bonds is 9. The summed E-state index contributed by atoms with van der Waals surface area (Å²) in [6, 6.07) is 10.2. The lowest BCUT2D eigenvalue weighted by molar-refractivity contribution is 0.324. The third-order valence-electron chi connectivity index (χ3n) is 5.18. The highest BCUT2D eigenvalue weighted by Gasteiger charge is 2.13. The van der Waals surface area contributed by atoms with Crippen molar-refractivity contribution in [1.29, 1.82) is 0 Å². The second-order valence-electron chi connectivity index (χ2n) is 7.22. The van der Waals surface area contributed by atoms with Gasteiger partial charge in [0.1, 0.15) is 0 Å². The Kier molecular flexibility index (Phi) is 9.96. The number of hydrogen-bond donors (Lipinski definition) is 3. The van der Waals surface area contributed by atoms with Crippen molar-refractivity contribution in [2.24, 2.45) is 4.99 Å². The zero-order chi connectivity index (χ0) is 22.2. The number of H-pyrrole nitrogens is 1. The lowest BCUT2D eigenvalue weighted by Crippen LogP contribution is -2.38. The molecule has 0 saturated heterocycles. The Balaban J connectivity index is 0.00000363. The molecule has 0 amide bonds. The Morgan fingerprint density at radius 2 is 1.75 bits per heavy atom. The van der Waals surface area contributed by atoms with Crippen LogP contribution in [0.5, 0.6) is 17.2 Å². The minimum absolute atomic E-state index is 0. The van der Waals surface area contributed by atoms with Gasteiger partial charge in [-0.15, -0.1) is 24.0 Å². The fourth-order valence-corrected chi connectivity index (χ4v) is 3.63. The molecule has 8 heteroatoms. The van der Waals surface area contributed by atoms with E-state index in [2.05, 4.69) is 53.9 Å². The number of nitrogens with one attached hydrogen (secondary N) is 3. The van der Waals surface area contributed by atoms with Crippen molar-refractivity contribution in [1.82, 2.24) is 15.6 Å². The van der Waals surface area contributed by atoms with Crippen LogP contribution in [0.4, 0.5) is 0 Å².